The van der Waals surface area contributed by atoms with Gasteiger partial charge in [-0.15, -0.1) is 12.4 Å². The smallest absolute Gasteiger partial charge is 0.408 e. The van der Waals surface area contributed by atoms with Crippen molar-refractivity contribution >= 4 is 42.4 Å². The van der Waals surface area contributed by atoms with E-state index in [2.05, 4.69) is 33.1 Å². The van der Waals surface area contributed by atoms with E-state index in [9.17, 15) is 24.0 Å². The Kier molecular flexibility index (Phi) is 14.4. The monoisotopic (exact) mass is 766 g/mol. The normalized spacial score (nSPS) is 11.9. The topological polar surface area (TPSA) is 161 Å². The fraction of sp³-hybridized carbons (Fsp3) is 0.262. The summed E-state index contributed by atoms with van der Waals surface area (Å²) in [7, 11) is 1.20. The Hall–Kier alpha value is -6.32. The fourth-order valence-electron chi connectivity index (χ4n) is 5.70. The highest BCUT2D eigenvalue weighted by Crippen LogP contribution is 2.44. The molecule has 55 heavy (non-hydrogen) atoms. The number of fused-ring (bicyclic) bond motifs is 3. The number of carbonyl (C=O) groups is 5. The van der Waals surface area contributed by atoms with E-state index in [1.165, 1.54) is 7.11 Å². The summed E-state index contributed by atoms with van der Waals surface area (Å²) >= 11 is 0. The van der Waals surface area contributed by atoms with Crippen LogP contribution in [0.2, 0.25) is 0 Å². The SMILES string of the molecule is COC(=O)C(CNC(=O)OCC1c2ccccc2-c2ccccc21)NC(=O)c1ccc(C#Cc2ccc(CNC(=O)CNC(=O)OC(C)(C)C)cc2)cc1.Cl. The number of nitrogens with one attached hydrogen (secondary N) is 4. The van der Waals surface area contributed by atoms with Crippen LogP contribution in [-0.4, -0.2) is 68.4 Å². The van der Waals surface area contributed by atoms with Crippen molar-refractivity contribution in [2.45, 2.75) is 44.9 Å². The molecule has 0 fully saturated rings. The molecule has 1 unspecified atom stereocenters. The molecule has 0 bridgehead atoms. The van der Waals surface area contributed by atoms with Crippen molar-refractivity contribution in [3.63, 3.8) is 0 Å². The molecule has 12 nitrogen and oxygen atoms in total. The van der Waals surface area contributed by atoms with Gasteiger partial charge in [0.2, 0.25) is 5.91 Å². The van der Waals surface area contributed by atoms with E-state index in [-0.39, 0.29) is 56.0 Å². The number of halogens is 1. The average molecular weight is 767 g/mol. The predicted octanol–water partition coefficient (Wildman–Crippen LogP) is 5.46. The molecule has 1 atom stereocenters. The van der Waals surface area contributed by atoms with Gasteiger partial charge in [0.05, 0.1) is 13.7 Å². The Labute approximate surface area is 326 Å². The quantitative estimate of drug-likeness (QED) is 0.0890. The van der Waals surface area contributed by atoms with Gasteiger partial charge in [0, 0.05) is 29.2 Å². The van der Waals surface area contributed by atoms with E-state index in [0.29, 0.717) is 5.56 Å². The molecule has 4 N–H and O–H groups in total. The average Bonchev–Trinajstić information content (AvgIpc) is 3.49. The lowest BCUT2D eigenvalue weighted by atomic mass is 9.98. The zero-order chi connectivity index (χ0) is 38.7. The van der Waals surface area contributed by atoms with Crippen LogP contribution in [0.5, 0.6) is 0 Å². The highest BCUT2D eigenvalue weighted by molar-refractivity contribution is 5.97. The number of amides is 4. The molecule has 4 aromatic rings. The van der Waals surface area contributed by atoms with E-state index < -0.39 is 35.7 Å². The molecule has 5 rings (SSSR count). The number of rotatable bonds is 11. The first-order valence-corrected chi connectivity index (χ1v) is 17.3. The lowest BCUT2D eigenvalue weighted by molar-refractivity contribution is -0.142. The maximum atomic E-state index is 13.0. The standard InChI is InChI=1S/C42H42N4O8.ClH/c1-42(2,3)54-41(51)45-25-37(47)43-23-29-17-15-27(16-18-29)13-14-28-19-21-30(22-20-28)38(48)46-36(39(49)52-4)24-44-40(50)53-26-35-33-11-7-5-9-31(33)32-10-6-8-12-34(32)35;/h5-12,15-22,35-36H,23-26H2,1-4H3,(H,43,47)(H,44,50)(H,45,51)(H,46,48);1H. The van der Waals surface area contributed by atoms with E-state index in [0.717, 1.165) is 33.4 Å². The molecule has 0 aromatic heterocycles. The number of carbonyl (C=O) groups excluding carboxylic acids is 5. The van der Waals surface area contributed by atoms with Gasteiger partial charge in [-0.2, -0.15) is 0 Å². The Morgan fingerprint density at radius 2 is 1.29 bits per heavy atom. The van der Waals surface area contributed by atoms with Crippen LogP contribution in [0.1, 0.15) is 64.9 Å². The third kappa shape index (κ3) is 11.8. The molecule has 1 aliphatic carbocycles. The summed E-state index contributed by atoms with van der Waals surface area (Å²) in [5, 5.41) is 10.3. The van der Waals surface area contributed by atoms with Crippen LogP contribution in [0.3, 0.4) is 0 Å². The first-order valence-electron chi connectivity index (χ1n) is 17.3. The van der Waals surface area contributed by atoms with Gasteiger partial charge in [-0.25, -0.2) is 14.4 Å². The molecule has 4 amide bonds. The zero-order valence-electron chi connectivity index (χ0n) is 30.9. The van der Waals surface area contributed by atoms with Gasteiger partial charge >= 0.3 is 18.2 Å². The molecular weight excluding hydrogens is 724 g/mol. The van der Waals surface area contributed by atoms with Crippen molar-refractivity contribution < 1.29 is 38.2 Å². The highest BCUT2D eigenvalue weighted by atomic mass is 35.5. The Bertz CT molecular complexity index is 2020. The van der Waals surface area contributed by atoms with Crippen LogP contribution in [0.15, 0.2) is 97.1 Å². The number of hydrogen-bond acceptors (Lipinski definition) is 8. The van der Waals surface area contributed by atoms with E-state index in [1.807, 2.05) is 72.8 Å². The second-order valence-corrected chi connectivity index (χ2v) is 13.4. The van der Waals surface area contributed by atoms with Crippen molar-refractivity contribution in [3.8, 4) is 23.0 Å². The van der Waals surface area contributed by atoms with Crippen LogP contribution in [0.4, 0.5) is 9.59 Å². The highest BCUT2D eigenvalue weighted by Gasteiger charge is 2.29. The molecule has 0 aliphatic heterocycles. The first-order chi connectivity index (χ1) is 25.9. The molecular formula is C42H43ClN4O8. The van der Waals surface area contributed by atoms with Gasteiger partial charge in [-0.3, -0.25) is 9.59 Å². The van der Waals surface area contributed by atoms with Crippen LogP contribution in [-0.2, 0) is 30.3 Å². The molecule has 1 aliphatic rings. The predicted molar refractivity (Wildman–Crippen MR) is 209 cm³/mol. The largest absolute Gasteiger partial charge is 0.467 e. The fourth-order valence-corrected chi connectivity index (χ4v) is 5.70. The number of benzene rings is 4. The molecule has 0 heterocycles. The summed E-state index contributed by atoms with van der Waals surface area (Å²) in [5.41, 5.74) is 6.23. The Balaban J connectivity index is 0.00000673. The van der Waals surface area contributed by atoms with E-state index in [1.54, 1.807) is 45.0 Å². The van der Waals surface area contributed by atoms with Crippen molar-refractivity contribution in [1.29, 1.82) is 0 Å². The maximum absolute atomic E-state index is 13.0. The maximum Gasteiger partial charge on any atom is 0.408 e. The van der Waals surface area contributed by atoms with Gasteiger partial charge in [-0.1, -0.05) is 72.5 Å². The third-order valence-electron chi connectivity index (χ3n) is 8.32. The van der Waals surface area contributed by atoms with Crippen molar-refractivity contribution in [2.24, 2.45) is 0 Å². The molecule has 0 radical (unpaired) electrons. The lowest BCUT2D eigenvalue weighted by Gasteiger charge is -2.19. The van der Waals surface area contributed by atoms with Crippen molar-refractivity contribution in [3.05, 3.63) is 130 Å². The number of ether oxygens (including phenoxy) is 3. The molecule has 13 heteroatoms. The van der Waals surface area contributed by atoms with Gasteiger partial charge in [0.15, 0.2) is 0 Å². The third-order valence-corrected chi connectivity index (χ3v) is 8.32. The molecule has 0 spiro atoms. The number of methoxy groups -OCH3 is 1. The molecule has 4 aromatic carbocycles. The summed E-state index contributed by atoms with van der Waals surface area (Å²) in [6, 6.07) is 28.7. The number of esters is 1. The molecule has 0 saturated carbocycles. The van der Waals surface area contributed by atoms with Gasteiger partial charge in [0.25, 0.3) is 5.91 Å². The summed E-state index contributed by atoms with van der Waals surface area (Å²) in [6.45, 7) is 5.15. The molecule has 286 valence electrons. The Morgan fingerprint density at radius 1 is 0.727 bits per heavy atom. The second kappa shape index (κ2) is 19.1. The minimum atomic E-state index is -1.16. The van der Waals surface area contributed by atoms with Crippen molar-refractivity contribution in [1.82, 2.24) is 21.3 Å². The Morgan fingerprint density at radius 3 is 1.85 bits per heavy atom. The first kappa shape index (κ1) is 41.4. The van der Waals surface area contributed by atoms with Crippen LogP contribution < -0.4 is 21.3 Å². The van der Waals surface area contributed by atoms with E-state index in [4.69, 9.17) is 14.2 Å². The second-order valence-electron chi connectivity index (χ2n) is 13.4. The number of hydrogen-bond donors (Lipinski definition) is 4. The zero-order valence-corrected chi connectivity index (χ0v) is 31.7. The van der Waals surface area contributed by atoms with Crippen LogP contribution >= 0.6 is 12.4 Å². The minimum absolute atomic E-state index is 0. The van der Waals surface area contributed by atoms with Crippen LogP contribution in [0, 0.1) is 11.8 Å². The van der Waals surface area contributed by atoms with E-state index >= 15 is 0 Å². The lowest BCUT2D eigenvalue weighted by Crippen LogP contribution is -2.49. The van der Waals surface area contributed by atoms with Gasteiger partial charge in [0.1, 0.15) is 24.8 Å². The summed E-state index contributed by atoms with van der Waals surface area (Å²) < 4.78 is 15.5. The van der Waals surface area contributed by atoms with Gasteiger partial charge < -0.3 is 35.5 Å². The van der Waals surface area contributed by atoms with Gasteiger partial charge in [-0.05, 0) is 85.0 Å². The molecule has 0 saturated heterocycles. The summed E-state index contributed by atoms with van der Waals surface area (Å²) in [4.78, 5) is 62.0. The minimum Gasteiger partial charge on any atom is -0.467 e. The summed E-state index contributed by atoms with van der Waals surface area (Å²) in [5.74, 6) is 4.36. The van der Waals surface area contributed by atoms with Crippen LogP contribution in [0.25, 0.3) is 11.1 Å². The summed E-state index contributed by atoms with van der Waals surface area (Å²) in [6.07, 6.45) is -1.39. The number of alkyl carbamates (subject to hydrolysis) is 2. The van der Waals surface area contributed by atoms with Crippen molar-refractivity contribution in [2.75, 3.05) is 26.8 Å².